The molecular weight excluding hydrogens is 190 g/mol. The molecule has 0 amide bonds. The summed E-state index contributed by atoms with van der Waals surface area (Å²) in [5.74, 6) is 0.0399. The largest absolute Gasteiger partial charge is 0.411 e. The van der Waals surface area contributed by atoms with Crippen molar-refractivity contribution in [2.45, 2.75) is 64.2 Å². The Kier molecular flexibility index (Phi) is 6.05. The van der Waals surface area contributed by atoms with Gasteiger partial charge in [0, 0.05) is 6.42 Å². The number of Topliss-reactive ketones (excluding diaryl/α,β-unsaturated/α-hetero) is 1. The van der Waals surface area contributed by atoms with Crippen LogP contribution in [0.1, 0.15) is 64.2 Å². The average Bonchev–Trinajstić information content (AvgIpc) is 2.23. The first-order valence-corrected chi connectivity index (χ1v) is 6.08. The van der Waals surface area contributed by atoms with Gasteiger partial charge in [-0.25, -0.2) is 0 Å². The predicted octanol–water partition coefficient (Wildman–Crippen LogP) is 3.30. The molecule has 0 radical (unpaired) electrons. The maximum atomic E-state index is 11.6. The first kappa shape index (κ1) is 12.2. The summed E-state index contributed by atoms with van der Waals surface area (Å²) in [5, 5.41) is 11.9. The Morgan fingerprint density at radius 2 is 1.27 bits per heavy atom. The molecule has 0 unspecified atom stereocenters. The lowest BCUT2D eigenvalue weighted by molar-refractivity contribution is -0.113. The maximum absolute atomic E-state index is 11.6. The second-order valence-corrected chi connectivity index (χ2v) is 4.30. The molecule has 0 aliphatic heterocycles. The highest BCUT2D eigenvalue weighted by Gasteiger charge is 2.11. The molecule has 1 N–H and O–H groups in total. The van der Waals surface area contributed by atoms with Crippen LogP contribution in [0.2, 0.25) is 0 Å². The SMILES string of the molecule is O=C1CCCCCCCCCC/C1=N\O. The average molecular weight is 211 g/mol. The number of hydrogen-bond acceptors (Lipinski definition) is 3. The molecule has 3 nitrogen and oxygen atoms in total. The van der Waals surface area contributed by atoms with E-state index in [0.29, 0.717) is 18.6 Å². The number of carbonyl (C=O) groups is 1. The molecular formula is C12H21NO2. The van der Waals surface area contributed by atoms with E-state index in [2.05, 4.69) is 5.16 Å². The topological polar surface area (TPSA) is 49.7 Å². The Bertz CT molecular complexity index is 224. The van der Waals surface area contributed by atoms with Crippen molar-refractivity contribution in [3.63, 3.8) is 0 Å². The molecule has 1 aliphatic rings. The van der Waals surface area contributed by atoms with Crippen LogP contribution in [-0.4, -0.2) is 16.7 Å². The Morgan fingerprint density at radius 3 is 1.80 bits per heavy atom. The maximum Gasteiger partial charge on any atom is 0.180 e. The van der Waals surface area contributed by atoms with Crippen molar-refractivity contribution in [1.82, 2.24) is 0 Å². The number of nitrogens with zero attached hydrogens (tertiary/aromatic N) is 1. The number of ketones is 1. The minimum absolute atomic E-state index is 0.0399. The number of hydrogen-bond donors (Lipinski definition) is 1. The molecule has 0 atom stereocenters. The van der Waals surface area contributed by atoms with Crippen LogP contribution < -0.4 is 0 Å². The molecule has 86 valence electrons. The minimum atomic E-state index is 0.0399. The highest BCUT2D eigenvalue weighted by molar-refractivity contribution is 6.39. The molecule has 15 heavy (non-hydrogen) atoms. The number of oxime groups is 1. The van der Waals surface area contributed by atoms with Gasteiger partial charge in [0.1, 0.15) is 5.71 Å². The predicted molar refractivity (Wildman–Crippen MR) is 60.4 cm³/mol. The Hall–Kier alpha value is -0.860. The van der Waals surface area contributed by atoms with E-state index >= 15 is 0 Å². The van der Waals surface area contributed by atoms with E-state index in [1.165, 1.54) is 25.7 Å². The van der Waals surface area contributed by atoms with Crippen molar-refractivity contribution in [3.05, 3.63) is 0 Å². The van der Waals surface area contributed by atoms with Crippen molar-refractivity contribution in [1.29, 1.82) is 0 Å². The second kappa shape index (κ2) is 7.43. The van der Waals surface area contributed by atoms with Crippen LogP contribution in [0.15, 0.2) is 5.16 Å². The third-order valence-corrected chi connectivity index (χ3v) is 3.01. The summed E-state index contributed by atoms with van der Waals surface area (Å²) in [6.07, 6.45) is 10.5. The summed E-state index contributed by atoms with van der Waals surface area (Å²) in [4.78, 5) is 11.6. The summed E-state index contributed by atoms with van der Waals surface area (Å²) in [7, 11) is 0. The van der Waals surface area contributed by atoms with Crippen LogP contribution in [-0.2, 0) is 4.79 Å². The van der Waals surface area contributed by atoms with Gasteiger partial charge in [-0.15, -0.1) is 0 Å². The fourth-order valence-electron chi connectivity index (χ4n) is 2.03. The van der Waals surface area contributed by atoms with Crippen molar-refractivity contribution in [2.75, 3.05) is 0 Å². The van der Waals surface area contributed by atoms with Crippen LogP contribution in [0, 0.1) is 0 Å². The monoisotopic (exact) mass is 211 g/mol. The van der Waals surface area contributed by atoms with E-state index in [-0.39, 0.29) is 5.78 Å². The highest BCUT2D eigenvalue weighted by Crippen LogP contribution is 2.13. The summed E-state index contributed by atoms with van der Waals surface area (Å²) in [6, 6.07) is 0. The van der Waals surface area contributed by atoms with Crippen molar-refractivity contribution >= 4 is 11.5 Å². The molecule has 0 saturated heterocycles. The molecule has 0 spiro atoms. The number of carbonyl (C=O) groups excluding carboxylic acids is 1. The molecule has 0 bridgehead atoms. The molecule has 0 aromatic heterocycles. The standard InChI is InChI=1S/C12H21NO2/c14-12-10-8-6-4-2-1-3-5-7-9-11(12)13-15/h15H,1-10H2/b13-11+. The molecule has 1 saturated carbocycles. The van der Waals surface area contributed by atoms with Gasteiger partial charge in [0.05, 0.1) is 0 Å². The normalized spacial score (nSPS) is 24.5. The lowest BCUT2D eigenvalue weighted by Crippen LogP contribution is -2.14. The van der Waals surface area contributed by atoms with Gasteiger partial charge in [-0.05, 0) is 19.3 Å². The van der Waals surface area contributed by atoms with Gasteiger partial charge >= 0.3 is 0 Å². The zero-order valence-electron chi connectivity index (χ0n) is 9.37. The van der Waals surface area contributed by atoms with Gasteiger partial charge in [-0.2, -0.15) is 0 Å². The van der Waals surface area contributed by atoms with E-state index in [0.717, 1.165) is 25.7 Å². The van der Waals surface area contributed by atoms with Crippen LogP contribution >= 0.6 is 0 Å². The summed E-state index contributed by atoms with van der Waals surface area (Å²) < 4.78 is 0. The van der Waals surface area contributed by atoms with E-state index in [9.17, 15) is 4.79 Å². The van der Waals surface area contributed by atoms with E-state index in [1.807, 2.05) is 0 Å². The van der Waals surface area contributed by atoms with Gasteiger partial charge in [-0.3, -0.25) is 4.79 Å². The van der Waals surface area contributed by atoms with Crippen LogP contribution in [0.25, 0.3) is 0 Å². The zero-order chi connectivity index (χ0) is 10.9. The Morgan fingerprint density at radius 1 is 0.800 bits per heavy atom. The minimum Gasteiger partial charge on any atom is -0.411 e. The lowest BCUT2D eigenvalue weighted by Gasteiger charge is -2.06. The third-order valence-electron chi connectivity index (χ3n) is 3.01. The van der Waals surface area contributed by atoms with E-state index in [4.69, 9.17) is 5.21 Å². The Labute approximate surface area is 91.6 Å². The Balaban J connectivity index is 2.41. The van der Waals surface area contributed by atoms with Crippen LogP contribution in [0.5, 0.6) is 0 Å². The molecule has 3 heteroatoms. The first-order chi connectivity index (χ1) is 7.34. The van der Waals surface area contributed by atoms with Crippen molar-refractivity contribution in [2.24, 2.45) is 5.16 Å². The van der Waals surface area contributed by atoms with Gasteiger partial charge in [-0.1, -0.05) is 43.7 Å². The molecule has 0 heterocycles. The first-order valence-electron chi connectivity index (χ1n) is 6.08. The van der Waals surface area contributed by atoms with Crippen molar-refractivity contribution < 1.29 is 10.0 Å². The molecule has 0 aromatic rings. The quantitative estimate of drug-likeness (QED) is 0.493. The molecule has 1 rings (SSSR count). The van der Waals surface area contributed by atoms with Crippen molar-refractivity contribution in [3.8, 4) is 0 Å². The fourth-order valence-corrected chi connectivity index (χ4v) is 2.03. The summed E-state index contributed by atoms with van der Waals surface area (Å²) in [5.41, 5.74) is 0.385. The highest BCUT2D eigenvalue weighted by atomic mass is 16.4. The number of rotatable bonds is 0. The summed E-state index contributed by atoms with van der Waals surface area (Å²) in [6.45, 7) is 0. The van der Waals surface area contributed by atoms with Gasteiger partial charge in [0.2, 0.25) is 0 Å². The van der Waals surface area contributed by atoms with Gasteiger partial charge in [0.15, 0.2) is 5.78 Å². The smallest absolute Gasteiger partial charge is 0.180 e. The van der Waals surface area contributed by atoms with Gasteiger partial charge in [0.25, 0.3) is 0 Å². The van der Waals surface area contributed by atoms with Crippen LogP contribution in [0.3, 0.4) is 0 Å². The van der Waals surface area contributed by atoms with Crippen LogP contribution in [0.4, 0.5) is 0 Å². The second-order valence-electron chi connectivity index (χ2n) is 4.30. The molecule has 1 aliphatic carbocycles. The van der Waals surface area contributed by atoms with Gasteiger partial charge < -0.3 is 5.21 Å². The third kappa shape index (κ3) is 4.96. The molecule has 1 fully saturated rings. The zero-order valence-corrected chi connectivity index (χ0v) is 9.37. The fraction of sp³-hybridized carbons (Fsp3) is 0.833. The molecule has 0 aromatic carbocycles. The summed E-state index contributed by atoms with van der Waals surface area (Å²) >= 11 is 0. The van der Waals surface area contributed by atoms with E-state index in [1.54, 1.807) is 0 Å². The lowest BCUT2D eigenvalue weighted by atomic mass is 9.99. The van der Waals surface area contributed by atoms with E-state index < -0.39 is 0 Å².